The van der Waals surface area contributed by atoms with Crippen molar-refractivity contribution in [2.45, 2.75) is 6.54 Å². The van der Waals surface area contributed by atoms with Crippen LogP contribution in [0.25, 0.3) is 0 Å². The number of carbonyl (C=O) groups is 1. The number of aryl methyl sites for hydroxylation is 1. The van der Waals surface area contributed by atoms with E-state index in [1.807, 2.05) is 0 Å². The molecule has 1 amide bonds. The summed E-state index contributed by atoms with van der Waals surface area (Å²) in [6.45, 7) is 0.239. The zero-order chi connectivity index (χ0) is 14.7. The van der Waals surface area contributed by atoms with Crippen LogP contribution in [0, 0.1) is 10.1 Å². The number of aromatic nitrogens is 1. The number of nitrogens with zero attached hydrogens (tertiary/aromatic N) is 2. The summed E-state index contributed by atoms with van der Waals surface area (Å²) in [6.07, 6.45) is 1.78. The molecule has 0 aliphatic heterocycles. The molecule has 0 fully saturated rings. The van der Waals surface area contributed by atoms with Gasteiger partial charge in [-0.3, -0.25) is 14.9 Å². The van der Waals surface area contributed by atoms with Gasteiger partial charge >= 0.3 is 0 Å². The molecule has 1 aromatic heterocycles. The Balaban J connectivity index is 2.05. The molecule has 0 saturated carbocycles. The number of amides is 1. The third-order valence-corrected chi connectivity index (χ3v) is 3.21. The summed E-state index contributed by atoms with van der Waals surface area (Å²) < 4.78 is 2.52. The van der Waals surface area contributed by atoms with Crippen LogP contribution in [0.5, 0.6) is 0 Å². The molecule has 0 aliphatic rings. The third kappa shape index (κ3) is 3.24. The maximum Gasteiger partial charge on any atom is 0.269 e. The molecule has 1 aromatic carbocycles. The number of halogens is 1. The molecule has 0 bridgehead atoms. The molecule has 104 valence electrons. The molecule has 0 spiro atoms. The summed E-state index contributed by atoms with van der Waals surface area (Å²) >= 11 is 3.30. The zero-order valence-corrected chi connectivity index (χ0v) is 12.3. The standard InChI is InChI=1S/C13H12BrN3O3/c1-16-8-10(14)6-12(16)13(18)15-7-9-3-2-4-11(5-9)17(19)20/h2-6,8H,7H2,1H3,(H,15,18). The second-order valence-electron chi connectivity index (χ2n) is 4.26. The lowest BCUT2D eigenvalue weighted by molar-refractivity contribution is -0.384. The first-order valence-corrected chi connectivity index (χ1v) is 6.60. The highest BCUT2D eigenvalue weighted by molar-refractivity contribution is 9.10. The fourth-order valence-electron chi connectivity index (χ4n) is 1.80. The molecule has 2 rings (SSSR count). The molecule has 20 heavy (non-hydrogen) atoms. The summed E-state index contributed by atoms with van der Waals surface area (Å²) in [6, 6.07) is 7.90. The summed E-state index contributed by atoms with van der Waals surface area (Å²) in [7, 11) is 1.77. The Morgan fingerprint density at radius 3 is 2.80 bits per heavy atom. The number of rotatable bonds is 4. The Hall–Kier alpha value is -2.15. The van der Waals surface area contributed by atoms with Crippen molar-refractivity contribution in [2.75, 3.05) is 0 Å². The van der Waals surface area contributed by atoms with Crippen LogP contribution in [0.2, 0.25) is 0 Å². The minimum atomic E-state index is -0.459. The van der Waals surface area contributed by atoms with Gasteiger partial charge in [0.15, 0.2) is 0 Å². The molecule has 6 nitrogen and oxygen atoms in total. The van der Waals surface area contributed by atoms with E-state index in [9.17, 15) is 14.9 Å². The van der Waals surface area contributed by atoms with Gasteiger partial charge in [0.25, 0.3) is 11.6 Å². The minimum Gasteiger partial charge on any atom is -0.347 e. The molecule has 1 N–H and O–H groups in total. The molecule has 0 saturated heterocycles. The van der Waals surface area contributed by atoms with Crippen LogP contribution in [0.4, 0.5) is 5.69 Å². The normalized spacial score (nSPS) is 10.3. The van der Waals surface area contributed by atoms with Gasteiger partial charge in [-0.25, -0.2) is 0 Å². The molecule has 0 atom stereocenters. The van der Waals surface area contributed by atoms with Crippen LogP contribution < -0.4 is 5.32 Å². The fourth-order valence-corrected chi connectivity index (χ4v) is 2.33. The van der Waals surface area contributed by atoms with Crippen LogP contribution in [-0.2, 0) is 13.6 Å². The fraction of sp³-hybridized carbons (Fsp3) is 0.154. The van der Waals surface area contributed by atoms with Gasteiger partial charge in [0.2, 0.25) is 0 Å². The quantitative estimate of drug-likeness (QED) is 0.688. The summed E-state index contributed by atoms with van der Waals surface area (Å²) in [5.41, 5.74) is 1.21. The molecule has 1 heterocycles. The Morgan fingerprint density at radius 2 is 2.20 bits per heavy atom. The first-order chi connectivity index (χ1) is 9.47. The van der Waals surface area contributed by atoms with Gasteiger partial charge in [0, 0.05) is 36.4 Å². The van der Waals surface area contributed by atoms with Gasteiger partial charge in [-0.1, -0.05) is 12.1 Å². The zero-order valence-electron chi connectivity index (χ0n) is 10.7. The highest BCUT2D eigenvalue weighted by Gasteiger charge is 2.11. The monoisotopic (exact) mass is 337 g/mol. The number of non-ortho nitro benzene ring substituents is 1. The van der Waals surface area contributed by atoms with Crippen molar-refractivity contribution in [3.8, 4) is 0 Å². The molecule has 0 radical (unpaired) electrons. The van der Waals surface area contributed by atoms with Crippen LogP contribution in [-0.4, -0.2) is 15.4 Å². The summed E-state index contributed by atoms with van der Waals surface area (Å²) in [5.74, 6) is -0.232. The Labute approximate surface area is 123 Å². The predicted octanol–water partition coefficient (Wildman–Crippen LogP) is 2.63. The number of carbonyl (C=O) groups excluding carboxylic acids is 1. The van der Waals surface area contributed by atoms with Crippen LogP contribution in [0.1, 0.15) is 16.1 Å². The highest BCUT2D eigenvalue weighted by atomic mass is 79.9. The number of hydrogen-bond acceptors (Lipinski definition) is 3. The van der Waals surface area contributed by atoms with Crippen molar-refractivity contribution >= 4 is 27.5 Å². The second-order valence-corrected chi connectivity index (χ2v) is 5.18. The van der Waals surface area contributed by atoms with Crippen LogP contribution in [0.3, 0.4) is 0 Å². The number of benzene rings is 1. The number of nitro benzene ring substituents is 1. The van der Waals surface area contributed by atoms with E-state index < -0.39 is 4.92 Å². The van der Waals surface area contributed by atoms with E-state index in [0.29, 0.717) is 11.3 Å². The smallest absolute Gasteiger partial charge is 0.269 e. The second kappa shape index (κ2) is 5.87. The first-order valence-electron chi connectivity index (χ1n) is 5.81. The predicted molar refractivity (Wildman–Crippen MR) is 77.4 cm³/mol. The molecule has 2 aromatic rings. The third-order valence-electron chi connectivity index (χ3n) is 2.78. The maximum atomic E-state index is 12.0. The maximum absolute atomic E-state index is 12.0. The van der Waals surface area contributed by atoms with Crippen molar-refractivity contribution in [3.05, 3.63) is 62.4 Å². The first kappa shape index (κ1) is 14.3. The Morgan fingerprint density at radius 1 is 1.45 bits per heavy atom. The Kier molecular flexibility index (Phi) is 4.19. The summed E-state index contributed by atoms with van der Waals surface area (Å²) in [5, 5.41) is 13.4. The lowest BCUT2D eigenvalue weighted by atomic mass is 10.2. The van der Waals surface area contributed by atoms with Gasteiger partial charge in [-0.2, -0.15) is 0 Å². The average Bonchev–Trinajstić information content (AvgIpc) is 2.75. The number of nitro groups is 1. The summed E-state index contributed by atoms with van der Waals surface area (Å²) in [4.78, 5) is 22.2. The molecular formula is C13H12BrN3O3. The largest absolute Gasteiger partial charge is 0.347 e. The lowest BCUT2D eigenvalue weighted by Gasteiger charge is -2.06. The minimum absolute atomic E-state index is 0.0124. The molecule has 0 unspecified atom stereocenters. The van der Waals surface area contributed by atoms with Crippen molar-refractivity contribution in [3.63, 3.8) is 0 Å². The van der Waals surface area contributed by atoms with Gasteiger partial charge < -0.3 is 9.88 Å². The van der Waals surface area contributed by atoms with E-state index in [1.165, 1.54) is 12.1 Å². The van der Waals surface area contributed by atoms with Crippen molar-refractivity contribution < 1.29 is 9.72 Å². The molecule has 7 heteroatoms. The van der Waals surface area contributed by atoms with E-state index in [4.69, 9.17) is 0 Å². The lowest BCUT2D eigenvalue weighted by Crippen LogP contribution is -2.24. The topological polar surface area (TPSA) is 77.2 Å². The van der Waals surface area contributed by atoms with E-state index in [-0.39, 0.29) is 18.1 Å². The van der Waals surface area contributed by atoms with Crippen molar-refractivity contribution in [1.82, 2.24) is 9.88 Å². The van der Waals surface area contributed by atoms with Crippen molar-refractivity contribution in [1.29, 1.82) is 0 Å². The van der Waals surface area contributed by atoms with Crippen molar-refractivity contribution in [2.24, 2.45) is 7.05 Å². The van der Waals surface area contributed by atoms with Crippen LogP contribution >= 0.6 is 15.9 Å². The van der Waals surface area contributed by atoms with Crippen LogP contribution in [0.15, 0.2) is 41.0 Å². The van der Waals surface area contributed by atoms with Gasteiger partial charge in [-0.05, 0) is 27.6 Å². The van der Waals surface area contributed by atoms with E-state index >= 15 is 0 Å². The van der Waals surface area contributed by atoms with E-state index in [0.717, 1.165) is 4.47 Å². The van der Waals surface area contributed by atoms with E-state index in [2.05, 4.69) is 21.2 Å². The van der Waals surface area contributed by atoms with Gasteiger partial charge in [0.1, 0.15) is 5.69 Å². The molecule has 0 aliphatic carbocycles. The average molecular weight is 338 g/mol. The van der Waals surface area contributed by atoms with Gasteiger partial charge in [-0.15, -0.1) is 0 Å². The number of hydrogen-bond donors (Lipinski definition) is 1. The molecular weight excluding hydrogens is 326 g/mol. The van der Waals surface area contributed by atoms with Gasteiger partial charge in [0.05, 0.1) is 4.92 Å². The van der Waals surface area contributed by atoms with E-state index in [1.54, 1.807) is 36.0 Å². The Bertz CT molecular complexity index is 667. The highest BCUT2D eigenvalue weighted by Crippen LogP contribution is 2.15. The SMILES string of the molecule is Cn1cc(Br)cc1C(=O)NCc1cccc([N+](=O)[O-])c1. The number of nitrogens with one attached hydrogen (secondary N) is 1.